The van der Waals surface area contributed by atoms with E-state index in [9.17, 15) is 9.59 Å². The van der Waals surface area contributed by atoms with Crippen molar-refractivity contribution >= 4 is 28.7 Å². The van der Waals surface area contributed by atoms with Gasteiger partial charge < -0.3 is 15.1 Å². The number of hydrogen-bond acceptors (Lipinski definition) is 5. The van der Waals surface area contributed by atoms with Crippen molar-refractivity contribution in [2.24, 2.45) is 0 Å². The molecule has 1 saturated carbocycles. The molecule has 0 saturated heterocycles. The van der Waals surface area contributed by atoms with E-state index in [0.29, 0.717) is 23.7 Å². The molecule has 1 aliphatic carbocycles. The number of aryl methyl sites for hydroxylation is 1. The molecule has 1 aromatic carbocycles. The van der Waals surface area contributed by atoms with Crippen LogP contribution in [0.4, 0.5) is 5.82 Å². The summed E-state index contributed by atoms with van der Waals surface area (Å²) in [6, 6.07) is 9.29. The number of benzene rings is 1. The fraction of sp³-hybridized carbons (Fsp3) is 0.368. The first-order chi connectivity index (χ1) is 13.0. The summed E-state index contributed by atoms with van der Waals surface area (Å²) in [6.45, 7) is 1.51. The van der Waals surface area contributed by atoms with Gasteiger partial charge in [0.1, 0.15) is 5.52 Å². The zero-order valence-electron chi connectivity index (χ0n) is 15.0. The van der Waals surface area contributed by atoms with Crippen LogP contribution in [0.2, 0.25) is 0 Å². The lowest BCUT2D eigenvalue weighted by molar-refractivity contribution is -0.122. The Morgan fingerprint density at radius 2 is 2.11 bits per heavy atom. The Labute approximate surface area is 155 Å². The molecule has 0 spiro atoms. The summed E-state index contributed by atoms with van der Waals surface area (Å²) in [5.41, 5.74) is 1.93. The molecule has 1 fully saturated rings. The van der Waals surface area contributed by atoms with Crippen LogP contribution in [0.3, 0.4) is 0 Å². The molecule has 8 heteroatoms. The minimum atomic E-state index is -0.389. The van der Waals surface area contributed by atoms with Crippen LogP contribution in [0.1, 0.15) is 44.2 Å². The molecule has 3 N–H and O–H groups in total. The maximum atomic E-state index is 12.2. The molecule has 8 nitrogen and oxygen atoms in total. The van der Waals surface area contributed by atoms with E-state index < -0.39 is 0 Å². The molecule has 0 bridgehead atoms. The number of hydrogen-bond donors (Lipinski definition) is 3. The molecule has 0 radical (unpaired) electrons. The molecule has 2 aromatic heterocycles. The fourth-order valence-electron chi connectivity index (χ4n) is 3.41. The second-order valence-electron chi connectivity index (χ2n) is 6.91. The number of rotatable bonds is 6. The molecule has 2 heterocycles. The standard InChI is InChI=1S/C19H21N5O3/c1-12(25)22-19(9-4-10-19)15-11-16(24-23-15)21-17(26)7-8-18-20-13-5-2-3-6-14(13)27-18/h2-3,5-6,11H,4,7-10H2,1H3,(H,22,25)(H2,21,23,24,26). The first-order valence-corrected chi connectivity index (χ1v) is 9.03. The summed E-state index contributed by atoms with van der Waals surface area (Å²) in [5.74, 6) is 0.739. The molecule has 27 heavy (non-hydrogen) atoms. The van der Waals surface area contributed by atoms with Crippen molar-refractivity contribution < 1.29 is 14.0 Å². The number of nitrogens with one attached hydrogen (secondary N) is 3. The van der Waals surface area contributed by atoms with Crippen LogP contribution in [0, 0.1) is 0 Å². The van der Waals surface area contributed by atoms with E-state index in [-0.39, 0.29) is 23.8 Å². The molecular formula is C19H21N5O3. The number of para-hydroxylation sites is 2. The van der Waals surface area contributed by atoms with Crippen LogP contribution in [-0.4, -0.2) is 27.0 Å². The SMILES string of the molecule is CC(=O)NC1(c2cc(NC(=O)CCc3nc4ccccc4o3)n[nH]2)CCC1. The number of carbonyl (C=O) groups excluding carboxylic acids is 2. The minimum absolute atomic E-state index is 0.0757. The Morgan fingerprint density at radius 1 is 1.30 bits per heavy atom. The van der Waals surface area contributed by atoms with Crippen LogP contribution < -0.4 is 10.6 Å². The first-order valence-electron chi connectivity index (χ1n) is 9.03. The second kappa shape index (κ2) is 6.86. The zero-order chi connectivity index (χ0) is 18.9. The third-order valence-corrected chi connectivity index (χ3v) is 4.89. The molecule has 4 rings (SSSR count). The van der Waals surface area contributed by atoms with Gasteiger partial charge in [-0.1, -0.05) is 12.1 Å². The van der Waals surface area contributed by atoms with Gasteiger partial charge in [-0.05, 0) is 31.4 Å². The lowest BCUT2D eigenvalue weighted by Crippen LogP contribution is -2.50. The highest BCUT2D eigenvalue weighted by molar-refractivity contribution is 5.90. The lowest BCUT2D eigenvalue weighted by atomic mass is 9.74. The van der Waals surface area contributed by atoms with Crippen molar-refractivity contribution in [2.45, 2.75) is 44.6 Å². The number of oxazole rings is 1. The number of carbonyl (C=O) groups is 2. The molecule has 140 valence electrons. The summed E-state index contributed by atoms with van der Waals surface area (Å²) in [4.78, 5) is 28.0. The van der Waals surface area contributed by atoms with E-state index in [2.05, 4.69) is 25.8 Å². The van der Waals surface area contributed by atoms with Crippen molar-refractivity contribution in [3.8, 4) is 0 Å². The number of aromatic nitrogens is 3. The molecule has 0 aliphatic heterocycles. The van der Waals surface area contributed by atoms with Gasteiger partial charge in [-0.25, -0.2) is 4.98 Å². The number of nitrogens with zero attached hydrogens (tertiary/aromatic N) is 2. The maximum absolute atomic E-state index is 12.2. The van der Waals surface area contributed by atoms with Crippen molar-refractivity contribution in [3.05, 3.63) is 41.9 Å². The van der Waals surface area contributed by atoms with Gasteiger partial charge >= 0.3 is 0 Å². The molecular weight excluding hydrogens is 346 g/mol. The Kier molecular flexibility index (Phi) is 4.39. The van der Waals surface area contributed by atoms with E-state index in [4.69, 9.17) is 4.42 Å². The van der Waals surface area contributed by atoms with Crippen molar-refractivity contribution in [1.29, 1.82) is 0 Å². The van der Waals surface area contributed by atoms with Gasteiger partial charge in [-0.3, -0.25) is 14.7 Å². The van der Waals surface area contributed by atoms with Gasteiger partial charge in [0.15, 0.2) is 17.3 Å². The molecule has 2 amide bonds. The average Bonchev–Trinajstić information content (AvgIpc) is 3.22. The van der Waals surface area contributed by atoms with Crippen molar-refractivity contribution in [2.75, 3.05) is 5.32 Å². The van der Waals surface area contributed by atoms with E-state index >= 15 is 0 Å². The van der Waals surface area contributed by atoms with E-state index in [1.54, 1.807) is 6.07 Å². The van der Waals surface area contributed by atoms with Crippen molar-refractivity contribution in [3.63, 3.8) is 0 Å². The summed E-state index contributed by atoms with van der Waals surface area (Å²) < 4.78 is 5.62. The number of H-pyrrole nitrogens is 1. The lowest BCUT2D eigenvalue weighted by Gasteiger charge is -2.41. The molecule has 3 aromatic rings. The van der Waals surface area contributed by atoms with E-state index in [0.717, 1.165) is 30.5 Å². The number of anilines is 1. The summed E-state index contributed by atoms with van der Waals surface area (Å²) in [7, 11) is 0. The van der Waals surface area contributed by atoms with Crippen LogP contribution in [0.15, 0.2) is 34.7 Å². The van der Waals surface area contributed by atoms with Gasteiger partial charge in [-0.2, -0.15) is 5.10 Å². The third-order valence-electron chi connectivity index (χ3n) is 4.89. The topological polar surface area (TPSA) is 113 Å². The maximum Gasteiger partial charge on any atom is 0.226 e. The Morgan fingerprint density at radius 3 is 2.81 bits per heavy atom. The number of amides is 2. The Balaban J connectivity index is 1.36. The largest absolute Gasteiger partial charge is 0.441 e. The van der Waals surface area contributed by atoms with Crippen molar-refractivity contribution in [1.82, 2.24) is 20.5 Å². The average molecular weight is 367 g/mol. The smallest absolute Gasteiger partial charge is 0.226 e. The van der Waals surface area contributed by atoms with Gasteiger partial charge in [0.25, 0.3) is 0 Å². The third kappa shape index (κ3) is 3.55. The second-order valence-corrected chi connectivity index (χ2v) is 6.91. The first kappa shape index (κ1) is 17.3. The minimum Gasteiger partial charge on any atom is -0.441 e. The number of fused-ring (bicyclic) bond motifs is 1. The van der Waals surface area contributed by atoms with E-state index in [1.165, 1.54) is 6.92 Å². The van der Waals surface area contributed by atoms with Gasteiger partial charge in [-0.15, -0.1) is 0 Å². The monoisotopic (exact) mass is 367 g/mol. The zero-order valence-corrected chi connectivity index (χ0v) is 15.0. The normalized spacial score (nSPS) is 15.3. The van der Waals surface area contributed by atoms with Crippen LogP contribution in [0.5, 0.6) is 0 Å². The quantitative estimate of drug-likeness (QED) is 0.620. The highest BCUT2D eigenvalue weighted by Crippen LogP contribution is 2.40. The van der Waals surface area contributed by atoms with E-state index in [1.807, 2.05) is 24.3 Å². The fourth-order valence-corrected chi connectivity index (χ4v) is 3.41. The summed E-state index contributed by atoms with van der Waals surface area (Å²) in [6.07, 6.45) is 3.42. The highest BCUT2D eigenvalue weighted by Gasteiger charge is 2.41. The van der Waals surface area contributed by atoms with Crippen LogP contribution in [-0.2, 0) is 21.5 Å². The molecule has 1 aliphatic rings. The highest BCUT2D eigenvalue weighted by atomic mass is 16.3. The van der Waals surface area contributed by atoms with Gasteiger partial charge in [0.2, 0.25) is 11.8 Å². The Bertz CT molecular complexity index is 953. The summed E-state index contributed by atoms with van der Waals surface area (Å²) in [5, 5.41) is 12.9. The van der Waals surface area contributed by atoms with Crippen LogP contribution in [0.25, 0.3) is 11.1 Å². The van der Waals surface area contributed by atoms with Crippen LogP contribution >= 0.6 is 0 Å². The Hall–Kier alpha value is -3.16. The predicted molar refractivity (Wildman–Crippen MR) is 98.9 cm³/mol. The predicted octanol–water partition coefficient (Wildman–Crippen LogP) is 2.64. The molecule has 0 atom stereocenters. The number of aromatic amines is 1. The molecule has 0 unspecified atom stereocenters. The van der Waals surface area contributed by atoms with Gasteiger partial charge in [0, 0.05) is 25.8 Å². The van der Waals surface area contributed by atoms with Gasteiger partial charge in [0.05, 0.1) is 11.2 Å². The summed E-state index contributed by atoms with van der Waals surface area (Å²) >= 11 is 0.